The summed E-state index contributed by atoms with van der Waals surface area (Å²) < 4.78 is 11.2. The molecular weight excluding hydrogens is 204 g/mol. The molecule has 0 aromatic carbocycles. The van der Waals surface area contributed by atoms with Crippen molar-refractivity contribution in [1.29, 1.82) is 0 Å². The monoisotopic (exact) mass is 222 g/mol. The van der Waals surface area contributed by atoms with Crippen LogP contribution in [0.5, 0.6) is 0 Å². The average molecular weight is 222 g/mol. The van der Waals surface area contributed by atoms with Crippen molar-refractivity contribution in [3.63, 3.8) is 0 Å². The number of anilines is 1. The molecule has 88 valence electrons. The van der Waals surface area contributed by atoms with Crippen molar-refractivity contribution in [2.45, 2.75) is 32.6 Å². The number of rotatable bonds is 2. The molecule has 2 heterocycles. The Balaban J connectivity index is 1.92. The first kappa shape index (κ1) is 11.4. The minimum atomic E-state index is -0.455. The summed E-state index contributed by atoms with van der Waals surface area (Å²) in [6, 6.07) is 2.25. The smallest absolute Gasteiger partial charge is 0.162 e. The fourth-order valence-corrected chi connectivity index (χ4v) is 1.65. The molecule has 0 atom stereocenters. The highest BCUT2D eigenvalue weighted by Gasteiger charge is 2.28. The molecule has 0 unspecified atom stereocenters. The lowest BCUT2D eigenvalue weighted by Crippen LogP contribution is -2.45. The molecule has 1 aromatic heterocycles. The molecule has 1 aromatic rings. The third kappa shape index (κ3) is 2.93. The molecule has 4 nitrogen and oxygen atoms in total. The quantitative estimate of drug-likeness (QED) is 0.830. The van der Waals surface area contributed by atoms with Crippen molar-refractivity contribution in [2.24, 2.45) is 0 Å². The van der Waals surface area contributed by atoms with Crippen LogP contribution < -0.4 is 5.32 Å². The first-order valence-electron chi connectivity index (χ1n) is 5.51. The van der Waals surface area contributed by atoms with Crippen LogP contribution in [0.2, 0.25) is 0 Å². The average Bonchev–Trinajstić information content (AvgIpc) is 2.21. The molecule has 1 fully saturated rings. The number of pyridine rings is 1. The molecule has 1 aliphatic rings. The number of aromatic nitrogens is 1. The van der Waals surface area contributed by atoms with Crippen molar-refractivity contribution in [3.8, 4) is 0 Å². The van der Waals surface area contributed by atoms with Crippen molar-refractivity contribution in [3.05, 3.63) is 24.0 Å². The Hall–Kier alpha value is -1.13. The van der Waals surface area contributed by atoms with Crippen molar-refractivity contribution in [2.75, 3.05) is 18.5 Å². The van der Waals surface area contributed by atoms with Crippen LogP contribution in [0, 0.1) is 6.92 Å². The van der Waals surface area contributed by atoms with Crippen LogP contribution in [0.4, 0.5) is 5.69 Å². The maximum Gasteiger partial charge on any atom is 0.162 e. The zero-order chi connectivity index (χ0) is 11.6. The second-order valence-corrected chi connectivity index (χ2v) is 4.61. The van der Waals surface area contributed by atoms with Crippen LogP contribution in [0.3, 0.4) is 0 Å². The van der Waals surface area contributed by atoms with Gasteiger partial charge in [-0.05, 0) is 32.4 Å². The topological polar surface area (TPSA) is 43.4 Å². The largest absolute Gasteiger partial charge is 0.376 e. The highest BCUT2D eigenvalue weighted by molar-refractivity contribution is 5.43. The minimum absolute atomic E-state index is 0.191. The van der Waals surface area contributed by atoms with Gasteiger partial charge < -0.3 is 14.8 Å². The number of nitrogens with zero attached hydrogens (tertiary/aromatic N) is 1. The van der Waals surface area contributed by atoms with Gasteiger partial charge in [0.05, 0.1) is 24.9 Å². The Morgan fingerprint density at radius 2 is 2.00 bits per heavy atom. The van der Waals surface area contributed by atoms with E-state index in [1.807, 2.05) is 33.2 Å². The molecule has 0 aliphatic carbocycles. The van der Waals surface area contributed by atoms with E-state index in [9.17, 15) is 0 Å². The first-order valence-corrected chi connectivity index (χ1v) is 5.51. The van der Waals surface area contributed by atoms with E-state index in [-0.39, 0.29) is 6.04 Å². The summed E-state index contributed by atoms with van der Waals surface area (Å²) in [5.41, 5.74) is 2.15. The van der Waals surface area contributed by atoms with E-state index in [1.54, 1.807) is 0 Å². The maximum absolute atomic E-state index is 5.58. The third-order valence-electron chi connectivity index (χ3n) is 2.51. The number of aryl methyl sites for hydroxylation is 1. The lowest BCUT2D eigenvalue weighted by atomic mass is 10.2. The van der Waals surface area contributed by atoms with Gasteiger partial charge in [0.2, 0.25) is 0 Å². The van der Waals surface area contributed by atoms with Gasteiger partial charge in [-0.25, -0.2) is 0 Å². The van der Waals surface area contributed by atoms with E-state index in [2.05, 4.69) is 16.4 Å². The highest BCUT2D eigenvalue weighted by Crippen LogP contribution is 2.19. The maximum atomic E-state index is 5.58. The molecule has 4 heteroatoms. The van der Waals surface area contributed by atoms with Gasteiger partial charge in [0.1, 0.15) is 0 Å². The summed E-state index contributed by atoms with van der Waals surface area (Å²) in [4.78, 5) is 4.13. The van der Waals surface area contributed by atoms with Gasteiger partial charge in [-0.2, -0.15) is 0 Å². The van der Waals surface area contributed by atoms with Crippen LogP contribution in [0.25, 0.3) is 0 Å². The number of nitrogens with one attached hydrogen (secondary N) is 1. The zero-order valence-corrected chi connectivity index (χ0v) is 9.99. The van der Waals surface area contributed by atoms with E-state index in [4.69, 9.17) is 9.47 Å². The van der Waals surface area contributed by atoms with Crippen molar-refractivity contribution in [1.82, 2.24) is 4.98 Å². The fourth-order valence-electron chi connectivity index (χ4n) is 1.65. The Labute approximate surface area is 96.0 Å². The fraction of sp³-hybridized carbons (Fsp3) is 0.583. The van der Waals surface area contributed by atoms with E-state index < -0.39 is 5.79 Å². The third-order valence-corrected chi connectivity index (χ3v) is 2.51. The molecule has 2 rings (SSSR count). The molecule has 0 bridgehead atoms. The lowest BCUT2D eigenvalue weighted by molar-refractivity contribution is -0.247. The normalized spacial score (nSPS) is 20.7. The van der Waals surface area contributed by atoms with Gasteiger partial charge in [-0.1, -0.05) is 0 Å². The van der Waals surface area contributed by atoms with Crippen LogP contribution in [0.15, 0.2) is 18.5 Å². The van der Waals surface area contributed by atoms with Gasteiger partial charge in [0, 0.05) is 12.4 Å². The van der Waals surface area contributed by atoms with E-state index >= 15 is 0 Å². The van der Waals surface area contributed by atoms with Crippen LogP contribution in [-0.4, -0.2) is 30.0 Å². The van der Waals surface area contributed by atoms with Gasteiger partial charge in [-0.15, -0.1) is 0 Å². The minimum Gasteiger partial charge on any atom is -0.376 e. The first-order chi connectivity index (χ1) is 7.55. The Kier molecular flexibility index (Phi) is 3.12. The van der Waals surface area contributed by atoms with Crippen molar-refractivity contribution >= 4 is 5.69 Å². The molecular formula is C12H18N2O2. The molecule has 0 radical (unpaired) electrons. The van der Waals surface area contributed by atoms with Gasteiger partial charge in [-0.3, -0.25) is 4.98 Å². The Bertz CT molecular complexity index is 356. The molecule has 1 N–H and O–H groups in total. The van der Waals surface area contributed by atoms with Crippen molar-refractivity contribution < 1.29 is 9.47 Å². The summed E-state index contributed by atoms with van der Waals surface area (Å²) in [5.74, 6) is -0.455. The predicted molar refractivity (Wildman–Crippen MR) is 62.4 cm³/mol. The Morgan fingerprint density at radius 3 is 2.62 bits per heavy atom. The molecule has 0 amide bonds. The molecule has 16 heavy (non-hydrogen) atoms. The molecule has 0 spiro atoms. The lowest BCUT2D eigenvalue weighted by Gasteiger charge is -2.35. The predicted octanol–water partition coefficient (Wildman–Crippen LogP) is 1.95. The van der Waals surface area contributed by atoms with E-state index in [1.165, 1.54) is 0 Å². The summed E-state index contributed by atoms with van der Waals surface area (Å²) in [6.45, 7) is 7.19. The standard InChI is InChI=1S/C12H18N2O2/c1-9-4-10(6-13-5-9)14-11-7-15-12(2,3)16-8-11/h4-6,11,14H,7-8H2,1-3H3. The van der Waals surface area contributed by atoms with E-state index in [0.29, 0.717) is 13.2 Å². The summed E-state index contributed by atoms with van der Waals surface area (Å²) in [5, 5.41) is 3.35. The number of hydrogen-bond donors (Lipinski definition) is 1. The SMILES string of the molecule is Cc1cncc(NC2COC(C)(C)OC2)c1. The summed E-state index contributed by atoms with van der Waals surface area (Å²) >= 11 is 0. The Morgan fingerprint density at radius 1 is 1.31 bits per heavy atom. The van der Waals surface area contributed by atoms with Gasteiger partial charge >= 0.3 is 0 Å². The van der Waals surface area contributed by atoms with Crippen LogP contribution >= 0.6 is 0 Å². The number of hydrogen-bond acceptors (Lipinski definition) is 4. The molecule has 0 saturated carbocycles. The highest BCUT2D eigenvalue weighted by atomic mass is 16.7. The summed E-state index contributed by atoms with van der Waals surface area (Å²) in [6.07, 6.45) is 3.65. The molecule has 1 saturated heterocycles. The zero-order valence-electron chi connectivity index (χ0n) is 9.99. The second kappa shape index (κ2) is 4.39. The number of ether oxygens (including phenoxy) is 2. The van der Waals surface area contributed by atoms with Crippen LogP contribution in [-0.2, 0) is 9.47 Å². The molecule has 1 aliphatic heterocycles. The van der Waals surface area contributed by atoms with E-state index in [0.717, 1.165) is 11.3 Å². The second-order valence-electron chi connectivity index (χ2n) is 4.61. The van der Waals surface area contributed by atoms with Crippen LogP contribution in [0.1, 0.15) is 19.4 Å². The van der Waals surface area contributed by atoms with Gasteiger partial charge in [0.15, 0.2) is 5.79 Å². The summed E-state index contributed by atoms with van der Waals surface area (Å²) in [7, 11) is 0. The van der Waals surface area contributed by atoms with Gasteiger partial charge in [0.25, 0.3) is 0 Å².